The third-order valence-corrected chi connectivity index (χ3v) is 5.22. The summed E-state index contributed by atoms with van der Waals surface area (Å²) in [6, 6.07) is 17.1. The minimum Gasteiger partial charge on any atom is -0.368 e. The summed E-state index contributed by atoms with van der Waals surface area (Å²) in [5, 5.41) is 1.17. The molecule has 0 radical (unpaired) electrons. The van der Waals surface area contributed by atoms with Crippen LogP contribution in [0.5, 0.6) is 0 Å². The Kier molecular flexibility index (Phi) is 3.52. The summed E-state index contributed by atoms with van der Waals surface area (Å²) in [5.74, 6) is 1.01. The highest BCUT2D eigenvalue weighted by atomic mass is 15.3. The van der Waals surface area contributed by atoms with Gasteiger partial charge in [0.1, 0.15) is 17.4 Å². The molecule has 0 amide bonds. The minimum atomic E-state index is 0.954. The van der Waals surface area contributed by atoms with E-state index in [4.69, 9.17) is 0 Å². The molecule has 1 aliphatic rings. The van der Waals surface area contributed by atoms with Crippen LogP contribution in [0.4, 0.5) is 11.5 Å². The van der Waals surface area contributed by atoms with Gasteiger partial charge in [0.15, 0.2) is 5.82 Å². The lowest BCUT2D eigenvalue weighted by atomic mass is 10.1. The van der Waals surface area contributed by atoms with Crippen LogP contribution >= 0.6 is 0 Å². The molecule has 0 aliphatic carbocycles. The van der Waals surface area contributed by atoms with E-state index in [0.717, 1.165) is 48.5 Å². The Balaban J connectivity index is 1.47. The maximum Gasteiger partial charge on any atom is 0.156 e. The molecule has 4 aromatic rings. The average Bonchev–Trinajstić information content (AvgIpc) is 3.07. The lowest BCUT2D eigenvalue weighted by Crippen LogP contribution is -2.46. The van der Waals surface area contributed by atoms with E-state index in [1.54, 1.807) is 6.33 Å². The molecule has 3 heterocycles. The van der Waals surface area contributed by atoms with Gasteiger partial charge in [-0.3, -0.25) is 0 Å². The molecule has 1 N–H and O–H groups in total. The molecule has 0 unspecified atom stereocenters. The van der Waals surface area contributed by atoms with Crippen molar-refractivity contribution in [3.05, 3.63) is 60.4 Å². The van der Waals surface area contributed by atoms with Crippen LogP contribution in [0.2, 0.25) is 0 Å². The Morgan fingerprint density at radius 3 is 2.46 bits per heavy atom. The molecule has 1 fully saturated rings. The van der Waals surface area contributed by atoms with Gasteiger partial charge >= 0.3 is 0 Å². The summed E-state index contributed by atoms with van der Waals surface area (Å²) in [6.45, 7) is 6.01. The fourth-order valence-corrected chi connectivity index (χ4v) is 3.85. The third-order valence-electron chi connectivity index (χ3n) is 5.22. The fourth-order valence-electron chi connectivity index (χ4n) is 3.85. The topological polar surface area (TPSA) is 48.1 Å². The normalized spacial score (nSPS) is 15.1. The number of aromatic nitrogens is 3. The molecular formula is C21H21N5. The number of fused-ring (bicyclic) bond motifs is 3. The summed E-state index contributed by atoms with van der Waals surface area (Å²) >= 11 is 0. The zero-order chi connectivity index (χ0) is 17.5. The van der Waals surface area contributed by atoms with E-state index in [2.05, 4.69) is 80.2 Å². The van der Waals surface area contributed by atoms with Crippen LogP contribution in [0.15, 0.2) is 54.9 Å². The van der Waals surface area contributed by atoms with Crippen molar-refractivity contribution in [2.45, 2.75) is 6.92 Å². The predicted molar refractivity (Wildman–Crippen MR) is 107 cm³/mol. The number of aromatic amines is 1. The molecule has 2 aromatic heterocycles. The molecule has 26 heavy (non-hydrogen) atoms. The van der Waals surface area contributed by atoms with E-state index in [1.165, 1.54) is 16.6 Å². The van der Waals surface area contributed by atoms with Crippen LogP contribution in [-0.2, 0) is 0 Å². The second kappa shape index (κ2) is 6.02. The first-order valence-corrected chi connectivity index (χ1v) is 9.07. The summed E-state index contributed by atoms with van der Waals surface area (Å²) < 4.78 is 0. The van der Waals surface area contributed by atoms with Gasteiger partial charge in [0.2, 0.25) is 0 Å². The van der Waals surface area contributed by atoms with E-state index in [9.17, 15) is 0 Å². The van der Waals surface area contributed by atoms with Crippen LogP contribution in [-0.4, -0.2) is 41.1 Å². The van der Waals surface area contributed by atoms with Gasteiger partial charge in [0, 0.05) is 42.8 Å². The van der Waals surface area contributed by atoms with Gasteiger partial charge in [-0.25, -0.2) is 9.97 Å². The van der Waals surface area contributed by atoms with Gasteiger partial charge in [-0.05, 0) is 31.2 Å². The molecule has 0 bridgehead atoms. The highest BCUT2D eigenvalue weighted by Gasteiger charge is 2.21. The minimum absolute atomic E-state index is 0.954. The lowest BCUT2D eigenvalue weighted by molar-refractivity contribution is 0.648. The molecule has 1 saturated heterocycles. The van der Waals surface area contributed by atoms with Gasteiger partial charge in [0.25, 0.3) is 0 Å². The van der Waals surface area contributed by atoms with Crippen molar-refractivity contribution in [1.82, 2.24) is 15.0 Å². The number of hydrogen-bond donors (Lipinski definition) is 1. The lowest BCUT2D eigenvalue weighted by Gasteiger charge is -2.36. The molecule has 0 spiro atoms. The summed E-state index contributed by atoms with van der Waals surface area (Å²) in [6.07, 6.45) is 1.69. The number of piperazine rings is 1. The Morgan fingerprint density at radius 2 is 1.65 bits per heavy atom. The van der Waals surface area contributed by atoms with Crippen molar-refractivity contribution in [2.24, 2.45) is 0 Å². The molecular weight excluding hydrogens is 322 g/mol. The quantitative estimate of drug-likeness (QED) is 0.602. The summed E-state index contributed by atoms with van der Waals surface area (Å²) in [4.78, 5) is 17.5. The summed E-state index contributed by atoms with van der Waals surface area (Å²) in [7, 11) is 0. The van der Waals surface area contributed by atoms with Gasteiger partial charge in [0.05, 0.1) is 0 Å². The predicted octanol–water partition coefficient (Wildman–Crippen LogP) is 3.75. The van der Waals surface area contributed by atoms with Crippen LogP contribution < -0.4 is 9.80 Å². The Bertz CT molecular complexity index is 1060. The van der Waals surface area contributed by atoms with Crippen molar-refractivity contribution in [3.63, 3.8) is 0 Å². The number of benzene rings is 2. The largest absolute Gasteiger partial charge is 0.368 e. The molecule has 5 rings (SSSR count). The van der Waals surface area contributed by atoms with Crippen LogP contribution in [0, 0.1) is 6.92 Å². The maximum absolute atomic E-state index is 4.61. The number of para-hydroxylation sites is 1. The van der Waals surface area contributed by atoms with Gasteiger partial charge in [-0.15, -0.1) is 0 Å². The maximum atomic E-state index is 4.61. The van der Waals surface area contributed by atoms with Crippen molar-refractivity contribution in [3.8, 4) is 0 Å². The molecule has 0 saturated carbocycles. The zero-order valence-corrected chi connectivity index (χ0v) is 14.8. The number of aryl methyl sites for hydroxylation is 1. The van der Waals surface area contributed by atoms with Crippen molar-refractivity contribution in [2.75, 3.05) is 36.0 Å². The number of nitrogens with zero attached hydrogens (tertiary/aromatic N) is 4. The first-order chi connectivity index (χ1) is 12.8. The van der Waals surface area contributed by atoms with Crippen molar-refractivity contribution < 1.29 is 0 Å². The molecule has 5 nitrogen and oxygen atoms in total. The first kappa shape index (κ1) is 15.2. The van der Waals surface area contributed by atoms with Crippen molar-refractivity contribution in [1.29, 1.82) is 0 Å². The average molecular weight is 343 g/mol. The van der Waals surface area contributed by atoms with Crippen molar-refractivity contribution >= 4 is 33.4 Å². The van der Waals surface area contributed by atoms with E-state index in [-0.39, 0.29) is 0 Å². The van der Waals surface area contributed by atoms with E-state index >= 15 is 0 Å². The van der Waals surface area contributed by atoms with Crippen LogP contribution in [0.1, 0.15) is 5.56 Å². The van der Waals surface area contributed by atoms with Crippen LogP contribution in [0.25, 0.3) is 21.9 Å². The van der Waals surface area contributed by atoms with Gasteiger partial charge in [-0.1, -0.05) is 29.8 Å². The zero-order valence-electron chi connectivity index (χ0n) is 14.8. The smallest absolute Gasteiger partial charge is 0.156 e. The fraction of sp³-hybridized carbons (Fsp3) is 0.238. The first-order valence-electron chi connectivity index (χ1n) is 9.07. The van der Waals surface area contributed by atoms with Gasteiger partial charge in [-0.2, -0.15) is 0 Å². The molecule has 1 aliphatic heterocycles. The Hall–Kier alpha value is -3.08. The monoisotopic (exact) mass is 343 g/mol. The van der Waals surface area contributed by atoms with E-state index in [1.807, 2.05) is 0 Å². The number of hydrogen-bond acceptors (Lipinski definition) is 4. The number of H-pyrrole nitrogens is 1. The van der Waals surface area contributed by atoms with E-state index < -0.39 is 0 Å². The van der Waals surface area contributed by atoms with E-state index in [0.29, 0.717) is 0 Å². The number of anilines is 2. The second-order valence-corrected chi connectivity index (χ2v) is 6.90. The highest BCUT2D eigenvalue weighted by molar-refractivity contribution is 6.08. The Labute approximate surface area is 152 Å². The van der Waals surface area contributed by atoms with Gasteiger partial charge < -0.3 is 14.8 Å². The molecule has 0 atom stereocenters. The molecule has 130 valence electrons. The SMILES string of the molecule is Cc1ccc2[nH]c3c(N4CCN(c5ccccc5)CC4)ncnc3c2c1. The third kappa shape index (κ3) is 2.47. The Morgan fingerprint density at radius 1 is 0.885 bits per heavy atom. The highest BCUT2D eigenvalue weighted by Crippen LogP contribution is 2.30. The number of rotatable bonds is 2. The molecule has 5 heteroatoms. The summed E-state index contributed by atoms with van der Waals surface area (Å²) in [5.41, 5.74) is 5.71. The standard InChI is InChI=1S/C21H21N5/c1-15-7-8-18-17(13-15)19-20(24-18)21(23-14-22-19)26-11-9-25(10-12-26)16-5-3-2-4-6-16/h2-8,13-14,24H,9-12H2,1H3. The molecule has 2 aromatic carbocycles. The number of nitrogens with one attached hydrogen (secondary N) is 1. The van der Waals surface area contributed by atoms with Crippen LogP contribution in [0.3, 0.4) is 0 Å². The second-order valence-electron chi connectivity index (χ2n) is 6.90.